The monoisotopic (exact) mass is 807 g/mol. The van der Waals surface area contributed by atoms with E-state index in [1.54, 1.807) is 0 Å². The smallest absolute Gasteiger partial charge is 0.306 e. The number of carbonyl (C=O) groups excluding carboxylic acids is 2. The molecule has 0 aromatic carbocycles. The van der Waals surface area contributed by atoms with Gasteiger partial charge in [-0.3, -0.25) is 14.1 Å². The molecule has 0 aromatic heterocycles. The Kier molecular flexibility index (Phi) is 31.2. The number of ether oxygens (including phenoxy) is 4. The molecule has 1 aliphatic rings. The van der Waals surface area contributed by atoms with Gasteiger partial charge in [-0.25, -0.2) is 0 Å². The molecule has 12 nitrogen and oxygen atoms in total. The zero-order chi connectivity index (χ0) is 40.6. The van der Waals surface area contributed by atoms with Crippen molar-refractivity contribution in [2.75, 3.05) is 19.0 Å². The first kappa shape index (κ1) is 51.4. The number of hydrogen-bond acceptors (Lipinski definition) is 11. The van der Waals surface area contributed by atoms with Crippen LogP contribution in [0.4, 0.5) is 0 Å². The van der Waals surface area contributed by atoms with Crippen molar-refractivity contribution in [2.24, 2.45) is 0 Å². The molecule has 1 fully saturated rings. The minimum absolute atomic E-state index is 0.157. The SMILES string of the molecule is CCCC/C=C\CCCCCCCC(=O)OC(COC(=O)CCCCCCCCCCCCCCCCCC)COC1OC(CS(=O)(=O)O)C(O)C(O)C1O. The zero-order valence-electron chi connectivity index (χ0n) is 34.3. The molecule has 6 unspecified atom stereocenters. The fourth-order valence-electron chi connectivity index (χ4n) is 6.66. The average molecular weight is 807 g/mol. The van der Waals surface area contributed by atoms with Crippen LogP contribution in [0, 0.1) is 0 Å². The molecule has 324 valence electrons. The van der Waals surface area contributed by atoms with Crippen LogP contribution in [-0.4, -0.2) is 96.0 Å². The van der Waals surface area contributed by atoms with Crippen molar-refractivity contribution in [2.45, 2.75) is 224 Å². The number of aliphatic hydroxyl groups is 3. The van der Waals surface area contributed by atoms with Crippen LogP contribution in [0.25, 0.3) is 0 Å². The summed E-state index contributed by atoms with van der Waals surface area (Å²) in [5.74, 6) is -1.98. The second-order valence-electron chi connectivity index (χ2n) is 15.4. The van der Waals surface area contributed by atoms with Crippen LogP contribution in [0.5, 0.6) is 0 Å². The highest BCUT2D eigenvalue weighted by Gasteiger charge is 2.46. The van der Waals surface area contributed by atoms with E-state index >= 15 is 0 Å². The maximum atomic E-state index is 12.7. The molecular weight excluding hydrogens is 729 g/mol. The second kappa shape index (κ2) is 33.4. The number of carbonyl (C=O) groups is 2. The first-order valence-corrected chi connectivity index (χ1v) is 23.4. The Morgan fingerprint density at radius 2 is 1.05 bits per heavy atom. The molecule has 0 spiro atoms. The molecule has 1 saturated heterocycles. The minimum Gasteiger partial charge on any atom is -0.462 e. The summed E-state index contributed by atoms with van der Waals surface area (Å²) >= 11 is 0. The van der Waals surface area contributed by atoms with E-state index in [2.05, 4.69) is 26.0 Å². The van der Waals surface area contributed by atoms with Crippen molar-refractivity contribution in [1.29, 1.82) is 0 Å². The highest BCUT2D eigenvalue weighted by molar-refractivity contribution is 7.85. The minimum atomic E-state index is -4.60. The molecule has 55 heavy (non-hydrogen) atoms. The van der Waals surface area contributed by atoms with Crippen molar-refractivity contribution < 1.29 is 56.8 Å². The second-order valence-corrected chi connectivity index (χ2v) is 16.9. The summed E-state index contributed by atoms with van der Waals surface area (Å²) in [6.07, 6.45) is 24.1. The number of aliphatic hydroxyl groups excluding tert-OH is 3. The molecule has 0 aliphatic carbocycles. The highest BCUT2D eigenvalue weighted by Crippen LogP contribution is 2.24. The molecule has 1 heterocycles. The fourth-order valence-corrected chi connectivity index (χ4v) is 7.35. The van der Waals surface area contributed by atoms with E-state index in [1.165, 1.54) is 89.9 Å². The van der Waals surface area contributed by atoms with Gasteiger partial charge in [0.2, 0.25) is 0 Å². The van der Waals surface area contributed by atoms with Crippen molar-refractivity contribution in [3.63, 3.8) is 0 Å². The quantitative estimate of drug-likeness (QED) is 0.0206. The average Bonchev–Trinajstić information content (AvgIpc) is 3.14. The van der Waals surface area contributed by atoms with Gasteiger partial charge in [-0.2, -0.15) is 8.42 Å². The molecule has 1 aliphatic heterocycles. The Bertz CT molecular complexity index is 1080. The molecule has 1 rings (SSSR count). The number of allylic oxidation sites excluding steroid dienone is 2. The number of esters is 2. The van der Waals surface area contributed by atoms with E-state index in [-0.39, 0.29) is 19.4 Å². The van der Waals surface area contributed by atoms with E-state index in [0.29, 0.717) is 12.8 Å². The first-order chi connectivity index (χ1) is 26.5. The maximum Gasteiger partial charge on any atom is 0.306 e. The zero-order valence-corrected chi connectivity index (χ0v) is 35.1. The lowest BCUT2D eigenvalue weighted by Crippen LogP contribution is -2.60. The maximum absolute atomic E-state index is 12.7. The summed E-state index contributed by atoms with van der Waals surface area (Å²) in [5, 5.41) is 30.8. The van der Waals surface area contributed by atoms with Gasteiger partial charge in [-0.15, -0.1) is 0 Å². The molecular formula is C42H78O12S. The van der Waals surface area contributed by atoms with Crippen LogP contribution in [0.3, 0.4) is 0 Å². The van der Waals surface area contributed by atoms with Gasteiger partial charge in [-0.05, 0) is 32.1 Å². The lowest BCUT2D eigenvalue weighted by molar-refractivity contribution is -0.297. The van der Waals surface area contributed by atoms with Gasteiger partial charge in [0.15, 0.2) is 12.4 Å². The largest absolute Gasteiger partial charge is 0.462 e. The van der Waals surface area contributed by atoms with Crippen molar-refractivity contribution in [3.05, 3.63) is 12.2 Å². The Hall–Kier alpha value is -1.61. The molecule has 0 bridgehead atoms. The van der Waals surface area contributed by atoms with Gasteiger partial charge in [0.1, 0.15) is 36.8 Å². The number of unbranched alkanes of at least 4 members (excludes halogenated alkanes) is 22. The van der Waals surface area contributed by atoms with Crippen molar-refractivity contribution in [3.8, 4) is 0 Å². The molecule has 13 heteroatoms. The predicted octanol–water partition coefficient (Wildman–Crippen LogP) is 8.28. The topological polar surface area (TPSA) is 186 Å². The molecule has 4 N–H and O–H groups in total. The molecule has 0 radical (unpaired) electrons. The van der Waals surface area contributed by atoms with Crippen LogP contribution < -0.4 is 0 Å². The summed E-state index contributed by atoms with van der Waals surface area (Å²) < 4.78 is 53.9. The standard InChI is InChI=1S/C42H78O12S/c1-3-5-7-9-11-13-15-16-17-18-19-21-22-24-26-28-30-37(43)51-32-35(53-38(44)31-29-27-25-23-20-14-12-10-8-6-4-2)33-52-42-41(47)40(46)39(45)36(54-42)34-55(48,49)50/h10,12,35-36,39-42,45-47H,3-9,11,13-34H2,1-2H3,(H,48,49,50)/b12-10-. The number of hydrogen-bond donors (Lipinski definition) is 4. The van der Waals surface area contributed by atoms with Gasteiger partial charge in [0, 0.05) is 12.8 Å². The highest BCUT2D eigenvalue weighted by atomic mass is 32.2. The van der Waals surface area contributed by atoms with Crippen LogP contribution in [0.1, 0.15) is 187 Å². The lowest BCUT2D eigenvalue weighted by Gasteiger charge is -2.40. The van der Waals surface area contributed by atoms with Crippen molar-refractivity contribution in [1.82, 2.24) is 0 Å². The van der Waals surface area contributed by atoms with Crippen LogP contribution in [0.15, 0.2) is 12.2 Å². The summed E-state index contributed by atoms with van der Waals surface area (Å²) in [6.45, 7) is 3.71. The normalized spacial score (nSPS) is 20.9. The summed E-state index contributed by atoms with van der Waals surface area (Å²) in [4.78, 5) is 25.3. The summed E-state index contributed by atoms with van der Waals surface area (Å²) in [6, 6.07) is 0. The van der Waals surface area contributed by atoms with Crippen LogP contribution in [0.2, 0.25) is 0 Å². The Labute approximate surface area is 333 Å². The summed E-state index contributed by atoms with van der Waals surface area (Å²) in [7, 11) is -4.60. The molecule has 0 aromatic rings. The fraction of sp³-hybridized carbons (Fsp3) is 0.905. The molecule has 0 saturated carbocycles. The summed E-state index contributed by atoms with van der Waals surface area (Å²) in [5.41, 5.74) is 0. The predicted molar refractivity (Wildman–Crippen MR) is 215 cm³/mol. The first-order valence-electron chi connectivity index (χ1n) is 21.7. The third-order valence-corrected chi connectivity index (χ3v) is 10.8. The van der Waals surface area contributed by atoms with Gasteiger partial charge >= 0.3 is 11.9 Å². The Balaban J connectivity index is 2.44. The van der Waals surface area contributed by atoms with Gasteiger partial charge in [-0.1, -0.05) is 154 Å². The third kappa shape index (κ3) is 28.4. The van der Waals surface area contributed by atoms with Gasteiger partial charge < -0.3 is 34.3 Å². The van der Waals surface area contributed by atoms with E-state index < -0.39 is 71.2 Å². The Morgan fingerprint density at radius 1 is 0.600 bits per heavy atom. The lowest BCUT2D eigenvalue weighted by atomic mass is 10.00. The van der Waals surface area contributed by atoms with E-state index in [4.69, 9.17) is 18.9 Å². The number of rotatable bonds is 36. The van der Waals surface area contributed by atoms with Crippen molar-refractivity contribution >= 4 is 22.1 Å². The van der Waals surface area contributed by atoms with Gasteiger partial charge in [0.05, 0.1) is 6.61 Å². The van der Waals surface area contributed by atoms with E-state index in [9.17, 15) is 37.9 Å². The van der Waals surface area contributed by atoms with E-state index in [0.717, 1.165) is 57.8 Å². The molecule has 6 atom stereocenters. The van der Waals surface area contributed by atoms with Gasteiger partial charge in [0.25, 0.3) is 10.1 Å². The van der Waals surface area contributed by atoms with Crippen LogP contribution in [-0.2, 0) is 38.7 Å². The third-order valence-electron chi connectivity index (χ3n) is 10.1. The van der Waals surface area contributed by atoms with E-state index in [1.807, 2.05) is 0 Å². The van der Waals surface area contributed by atoms with Crippen LogP contribution >= 0.6 is 0 Å². The Morgan fingerprint density at radius 3 is 1.56 bits per heavy atom. The molecule has 0 amide bonds.